The van der Waals surface area contributed by atoms with Gasteiger partial charge in [0.25, 0.3) is 5.91 Å². The van der Waals surface area contributed by atoms with E-state index in [4.69, 9.17) is 32.4 Å². The minimum Gasteiger partial charge on any atom is -0.459 e. The first kappa shape index (κ1) is 18.2. The predicted molar refractivity (Wildman–Crippen MR) is 97.3 cm³/mol. The molecule has 1 N–H and O–H groups in total. The topological polar surface area (TPSA) is 81.4 Å². The molecule has 1 amide bonds. The number of carbonyl (C=O) groups is 2. The van der Waals surface area contributed by atoms with Gasteiger partial charge >= 0.3 is 5.97 Å². The molecule has 8 heteroatoms. The number of amides is 1. The van der Waals surface area contributed by atoms with E-state index in [1.807, 2.05) is 30.3 Å². The Balaban J connectivity index is 1.56. The molecule has 0 saturated carbocycles. The van der Waals surface area contributed by atoms with Crippen molar-refractivity contribution in [1.82, 2.24) is 10.3 Å². The van der Waals surface area contributed by atoms with Crippen molar-refractivity contribution in [2.45, 2.75) is 13.0 Å². The van der Waals surface area contributed by atoms with Crippen LogP contribution >= 0.6 is 23.2 Å². The van der Waals surface area contributed by atoms with Crippen LogP contribution in [0.15, 0.2) is 47.0 Å². The monoisotopic (exact) mass is 392 g/mol. The molecule has 3 aromatic rings. The minimum atomic E-state index is -0.720. The number of carbonyl (C=O) groups excluding carboxylic acids is 2. The van der Waals surface area contributed by atoms with E-state index in [0.29, 0.717) is 5.76 Å². The first-order valence-corrected chi connectivity index (χ1v) is 8.45. The maximum absolute atomic E-state index is 12.0. The molecular weight excluding hydrogens is 379 g/mol. The van der Waals surface area contributed by atoms with Crippen LogP contribution in [0.1, 0.15) is 29.1 Å². The number of ether oxygens (including phenoxy) is 1. The summed E-state index contributed by atoms with van der Waals surface area (Å²) in [6, 6.07) is 10.4. The van der Waals surface area contributed by atoms with Gasteiger partial charge in [-0.2, -0.15) is 0 Å². The van der Waals surface area contributed by atoms with Gasteiger partial charge in [0.15, 0.2) is 6.61 Å². The molecule has 0 aliphatic rings. The molecule has 0 aliphatic carbocycles. The molecule has 3 rings (SSSR count). The second-order valence-electron chi connectivity index (χ2n) is 5.55. The highest BCUT2D eigenvalue weighted by Gasteiger charge is 2.16. The summed E-state index contributed by atoms with van der Waals surface area (Å²) < 4.78 is 10.6. The van der Waals surface area contributed by atoms with E-state index in [9.17, 15) is 9.59 Å². The number of hydrogen-bond acceptors (Lipinski definition) is 5. The standard InChI is InChI=1S/C18H14Cl2N2O4/c1-10(15-7-11-4-2-3-5-14(11)26-15)22-16(23)9-25-18(24)12-6-13(19)17(20)21-8-12/h2-8,10H,9H2,1H3,(H,22,23)/t10-/m0/s1. The van der Waals surface area contributed by atoms with Gasteiger partial charge in [0.05, 0.1) is 16.6 Å². The number of rotatable bonds is 5. The van der Waals surface area contributed by atoms with E-state index in [1.165, 1.54) is 12.3 Å². The molecule has 2 heterocycles. The minimum absolute atomic E-state index is 0.0839. The summed E-state index contributed by atoms with van der Waals surface area (Å²) in [5, 5.41) is 3.87. The van der Waals surface area contributed by atoms with Crippen LogP contribution in [0.4, 0.5) is 0 Å². The number of benzene rings is 1. The maximum Gasteiger partial charge on any atom is 0.340 e. The first-order valence-electron chi connectivity index (χ1n) is 7.70. The van der Waals surface area contributed by atoms with Crippen molar-refractivity contribution in [1.29, 1.82) is 0 Å². The Morgan fingerprint density at radius 2 is 2.04 bits per heavy atom. The van der Waals surface area contributed by atoms with Gasteiger partial charge in [-0.3, -0.25) is 4.79 Å². The molecule has 0 spiro atoms. The molecule has 0 unspecified atom stereocenters. The van der Waals surface area contributed by atoms with Gasteiger partial charge in [0.1, 0.15) is 16.5 Å². The van der Waals surface area contributed by atoms with Crippen LogP contribution in [-0.4, -0.2) is 23.5 Å². The number of nitrogens with one attached hydrogen (secondary N) is 1. The Hall–Kier alpha value is -2.57. The van der Waals surface area contributed by atoms with Gasteiger partial charge < -0.3 is 14.5 Å². The highest BCUT2D eigenvalue weighted by molar-refractivity contribution is 6.41. The van der Waals surface area contributed by atoms with Crippen LogP contribution in [0, 0.1) is 0 Å². The van der Waals surface area contributed by atoms with Gasteiger partial charge in [-0.1, -0.05) is 41.4 Å². The van der Waals surface area contributed by atoms with E-state index in [0.717, 1.165) is 11.0 Å². The van der Waals surface area contributed by atoms with Crippen molar-refractivity contribution >= 4 is 46.0 Å². The highest BCUT2D eigenvalue weighted by atomic mass is 35.5. The van der Waals surface area contributed by atoms with Crippen molar-refractivity contribution in [2.75, 3.05) is 6.61 Å². The number of nitrogens with zero attached hydrogens (tertiary/aromatic N) is 1. The average Bonchev–Trinajstić information content (AvgIpc) is 3.06. The average molecular weight is 393 g/mol. The third kappa shape index (κ3) is 4.15. The number of halogens is 2. The number of furan rings is 1. The summed E-state index contributed by atoms with van der Waals surface area (Å²) in [5.41, 5.74) is 0.847. The second-order valence-corrected chi connectivity index (χ2v) is 6.31. The zero-order valence-corrected chi connectivity index (χ0v) is 15.2. The quantitative estimate of drug-likeness (QED) is 0.520. The lowest BCUT2D eigenvalue weighted by atomic mass is 10.2. The predicted octanol–water partition coefficient (Wildman–Crippen LogP) is 4.17. The number of fused-ring (bicyclic) bond motifs is 1. The van der Waals surface area contributed by atoms with E-state index >= 15 is 0 Å². The van der Waals surface area contributed by atoms with Crippen molar-refractivity contribution in [3.8, 4) is 0 Å². The largest absolute Gasteiger partial charge is 0.459 e. The third-order valence-corrected chi connectivity index (χ3v) is 4.30. The van der Waals surface area contributed by atoms with Gasteiger partial charge in [-0.25, -0.2) is 9.78 Å². The Bertz CT molecular complexity index is 938. The van der Waals surface area contributed by atoms with Crippen molar-refractivity contribution in [3.63, 3.8) is 0 Å². The van der Waals surface area contributed by atoms with Gasteiger partial charge in [0, 0.05) is 11.6 Å². The Morgan fingerprint density at radius 3 is 2.77 bits per heavy atom. The fourth-order valence-corrected chi connectivity index (χ4v) is 2.59. The maximum atomic E-state index is 12.0. The SMILES string of the molecule is C[C@H](NC(=O)COC(=O)c1cnc(Cl)c(Cl)c1)c1cc2ccccc2o1. The summed E-state index contributed by atoms with van der Waals surface area (Å²) in [5.74, 6) is -0.568. The summed E-state index contributed by atoms with van der Waals surface area (Å²) in [7, 11) is 0. The Labute approximate surface area is 159 Å². The van der Waals surface area contributed by atoms with E-state index in [1.54, 1.807) is 6.92 Å². The van der Waals surface area contributed by atoms with Gasteiger partial charge in [-0.05, 0) is 25.1 Å². The summed E-state index contributed by atoms with van der Waals surface area (Å²) in [6.07, 6.45) is 1.23. The molecule has 6 nitrogen and oxygen atoms in total. The van der Waals surface area contributed by atoms with Crippen LogP contribution in [-0.2, 0) is 9.53 Å². The Kier molecular flexibility index (Phi) is 5.44. The number of para-hydroxylation sites is 1. The molecule has 134 valence electrons. The number of pyridine rings is 1. The highest BCUT2D eigenvalue weighted by Crippen LogP contribution is 2.23. The molecule has 0 aliphatic heterocycles. The van der Waals surface area contributed by atoms with Crippen LogP contribution in [0.25, 0.3) is 11.0 Å². The molecule has 0 saturated heterocycles. The molecule has 1 aromatic carbocycles. The lowest BCUT2D eigenvalue weighted by Crippen LogP contribution is -2.31. The van der Waals surface area contributed by atoms with E-state index in [2.05, 4.69) is 10.3 Å². The second kappa shape index (κ2) is 7.76. The number of esters is 1. The van der Waals surface area contributed by atoms with Crippen LogP contribution in [0.3, 0.4) is 0 Å². The van der Waals surface area contributed by atoms with Crippen LogP contribution in [0.2, 0.25) is 10.2 Å². The molecule has 0 fully saturated rings. The smallest absolute Gasteiger partial charge is 0.340 e. The third-order valence-electron chi connectivity index (χ3n) is 3.62. The van der Waals surface area contributed by atoms with Crippen molar-refractivity contribution in [3.05, 3.63) is 64.1 Å². The zero-order chi connectivity index (χ0) is 18.7. The van der Waals surface area contributed by atoms with Crippen LogP contribution < -0.4 is 5.32 Å². The fraction of sp³-hybridized carbons (Fsp3) is 0.167. The van der Waals surface area contributed by atoms with Crippen molar-refractivity contribution < 1.29 is 18.7 Å². The molecule has 2 aromatic heterocycles. The van der Waals surface area contributed by atoms with Crippen molar-refractivity contribution in [2.24, 2.45) is 0 Å². The lowest BCUT2D eigenvalue weighted by Gasteiger charge is -2.11. The Morgan fingerprint density at radius 1 is 1.27 bits per heavy atom. The normalized spacial score (nSPS) is 12.0. The molecule has 0 bridgehead atoms. The summed E-state index contributed by atoms with van der Waals surface area (Å²) >= 11 is 11.5. The van der Waals surface area contributed by atoms with E-state index < -0.39 is 18.5 Å². The molecular formula is C18H14Cl2N2O4. The van der Waals surface area contributed by atoms with Crippen LogP contribution in [0.5, 0.6) is 0 Å². The van der Waals surface area contributed by atoms with Gasteiger partial charge in [-0.15, -0.1) is 0 Å². The lowest BCUT2D eigenvalue weighted by molar-refractivity contribution is -0.125. The fourth-order valence-electron chi connectivity index (χ4n) is 2.32. The van der Waals surface area contributed by atoms with Gasteiger partial charge in [0.2, 0.25) is 0 Å². The number of hydrogen-bond donors (Lipinski definition) is 1. The number of aromatic nitrogens is 1. The summed E-state index contributed by atoms with van der Waals surface area (Å²) in [4.78, 5) is 27.7. The first-order chi connectivity index (χ1) is 12.4. The van der Waals surface area contributed by atoms with E-state index in [-0.39, 0.29) is 21.8 Å². The zero-order valence-electron chi connectivity index (χ0n) is 13.7. The summed E-state index contributed by atoms with van der Waals surface area (Å²) in [6.45, 7) is 1.34. The molecule has 26 heavy (non-hydrogen) atoms. The molecule has 1 atom stereocenters. The molecule has 0 radical (unpaired) electrons.